The second-order valence-electron chi connectivity index (χ2n) is 7.94. The molecule has 1 aliphatic heterocycles. The molecule has 0 saturated carbocycles. The Morgan fingerprint density at radius 1 is 1.21 bits per heavy atom. The van der Waals surface area contributed by atoms with Gasteiger partial charge in [0, 0.05) is 38.6 Å². The van der Waals surface area contributed by atoms with E-state index in [1.165, 1.54) is 0 Å². The number of nitrogens with zero attached hydrogens (tertiary/aromatic N) is 3. The lowest BCUT2D eigenvalue weighted by molar-refractivity contribution is -0.133. The lowest BCUT2D eigenvalue weighted by Crippen LogP contribution is -2.37. The molecule has 2 heterocycles. The third-order valence-electron chi connectivity index (χ3n) is 4.29. The Labute approximate surface area is 164 Å². The number of amides is 1. The molecule has 0 atom stereocenters. The Balaban J connectivity index is 1.63. The highest BCUT2D eigenvalue weighted by molar-refractivity contribution is 5.76. The summed E-state index contributed by atoms with van der Waals surface area (Å²) in [4.78, 5) is 18.8. The first-order chi connectivity index (χ1) is 13.4. The van der Waals surface area contributed by atoms with Crippen molar-refractivity contribution in [1.82, 2.24) is 15.0 Å². The Hall–Kier alpha value is -2.61. The first-order valence-corrected chi connectivity index (χ1v) is 9.35. The second kappa shape index (κ2) is 8.60. The van der Waals surface area contributed by atoms with Crippen molar-refractivity contribution in [3.8, 4) is 22.9 Å². The molecule has 0 fully saturated rings. The maximum Gasteiger partial charge on any atom is 0.231 e. The number of carbonyl (C=O) groups excluding carboxylic acids is 1. The minimum absolute atomic E-state index is 0.0700. The summed E-state index contributed by atoms with van der Waals surface area (Å²) in [7, 11) is 1.63. The molecule has 8 heteroatoms. The van der Waals surface area contributed by atoms with Crippen LogP contribution < -0.4 is 9.47 Å². The highest BCUT2D eigenvalue weighted by Crippen LogP contribution is 2.35. The van der Waals surface area contributed by atoms with Crippen molar-refractivity contribution in [3.63, 3.8) is 0 Å². The number of ether oxygens (including phenoxy) is 3. The van der Waals surface area contributed by atoms with Gasteiger partial charge in [0.25, 0.3) is 0 Å². The summed E-state index contributed by atoms with van der Waals surface area (Å²) in [5, 5.41) is 4.05. The molecule has 1 aromatic carbocycles. The van der Waals surface area contributed by atoms with Crippen LogP contribution in [0, 0.1) is 5.41 Å². The molecule has 3 rings (SSSR count). The largest absolute Gasteiger partial charge is 0.454 e. The van der Waals surface area contributed by atoms with Crippen LogP contribution in [-0.2, 0) is 16.0 Å². The molecule has 0 aliphatic carbocycles. The molecule has 0 bridgehead atoms. The van der Waals surface area contributed by atoms with Gasteiger partial charge in [-0.15, -0.1) is 0 Å². The van der Waals surface area contributed by atoms with E-state index in [0.29, 0.717) is 55.8 Å². The van der Waals surface area contributed by atoms with Crippen molar-refractivity contribution >= 4 is 5.91 Å². The van der Waals surface area contributed by atoms with E-state index in [1.54, 1.807) is 12.0 Å². The number of methoxy groups -OCH3 is 1. The number of aromatic nitrogens is 2. The van der Waals surface area contributed by atoms with Gasteiger partial charge in [-0.1, -0.05) is 25.9 Å². The Kier molecular flexibility index (Phi) is 6.18. The van der Waals surface area contributed by atoms with Gasteiger partial charge in [0.1, 0.15) is 0 Å². The molecule has 1 aliphatic rings. The number of rotatable bonds is 8. The lowest BCUT2D eigenvalue weighted by atomic mass is 9.91. The van der Waals surface area contributed by atoms with Crippen molar-refractivity contribution in [2.24, 2.45) is 5.41 Å². The van der Waals surface area contributed by atoms with E-state index in [1.807, 2.05) is 18.2 Å². The lowest BCUT2D eigenvalue weighted by Gasteiger charge is -2.26. The van der Waals surface area contributed by atoms with Crippen molar-refractivity contribution < 1.29 is 23.5 Å². The van der Waals surface area contributed by atoms with Gasteiger partial charge in [-0.25, -0.2) is 0 Å². The number of hydrogen-bond acceptors (Lipinski definition) is 7. The van der Waals surface area contributed by atoms with Gasteiger partial charge in [0.05, 0.1) is 6.61 Å². The third kappa shape index (κ3) is 5.22. The molecule has 152 valence electrons. The molecule has 28 heavy (non-hydrogen) atoms. The third-order valence-corrected chi connectivity index (χ3v) is 4.29. The summed E-state index contributed by atoms with van der Waals surface area (Å²) in [6.07, 6.45) is 0.958. The van der Waals surface area contributed by atoms with Gasteiger partial charge in [-0.05, 0) is 23.6 Å². The Morgan fingerprint density at radius 2 is 2.00 bits per heavy atom. The number of fused-ring (bicyclic) bond motifs is 1. The van der Waals surface area contributed by atoms with Gasteiger partial charge in [-0.2, -0.15) is 4.98 Å². The highest BCUT2D eigenvalue weighted by atomic mass is 16.7. The van der Waals surface area contributed by atoms with Gasteiger partial charge < -0.3 is 23.6 Å². The summed E-state index contributed by atoms with van der Waals surface area (Å²) in [5.74, 6) is 2.44. The fourth-order valence-corrected chi connectivity index (χ4v) is 2.87. The molecule has 0 radical (unpaired) electrons. The van der Waals surface area contributed by atoms with Crippen LogP contribution in [0.5, 0.6) is 11.5 Å². The Morgan fingerprint density at radius 3 is 2.75 bits per heavy atom. The fourth-order valence-electron chi connectivity index (χ4n) is 2.87. The zero-order chi connectivity index (χ0) is 20.1. The van der Waals surface area contributed by atoms with Crippen molar-refractivity contribution in [1.29, 1.82) is 0 Å². The maximum atomic E-state index is 12.6. The molecular formula is C20H27N3O5. The van der Waals surface area contributed by atoms with Gasteiger partial charge in [0.15, 0.2) is 11.5 Å². The molecule has 2 aromatic rings. The van der Waals surface area contributed by atoms with Gasteiger partial charge in [0.2, 0.25) is 24.4 Å². The first kappa shape index (κ1) is 20.1. The SMILES string of the molecule is COCCN(CCc1nc(-c2ccc3c(c2)OCO3)no1)C(=O)CC(C)(C)C. The van der Waals surface area contributed by atoms with E-state index in [0.717, 1.165) is 5.56 Å². The van der Waals surface area contributed by atoms with Gasteiger partial charge in [-0.3, -0.25) is 4.79 Å². The van der Waals surface area contributed by atoms with Crippen LogP contribution in [0.1, 0.15) is 33.1 Å². The molecular weight excluding hydrogens is 362 g/mol. The molecule has 0 spiro atoms. The number of hydrogen-bond donors (Lipinski definition) is 0. The molecule has 0 saturated heterocycles. The van der Waals surface area contributed by atoms with Crippen LogP contribution in [0.4, 0.5) is 0 Å². The average Bonchev–Trinajstić information content (AvgIpc) is 3.28. The summed E-state index contributed by atoms with van der Waals surface area (Å²) < 4.78 is 21.2. The molecule has 1 aromatic heterocycles. The smallest absolute Gasteiger partial charge is 0.231 e. The monoisotopic (exact) mass is 389 g/mol. The van der Waals surface area contributed by atoms with Crippen LogP contribution >= 0.6 is 0 Å². The van der Waals surface area contributed by atoms with E-state index in [2.05, 4.69) is 30.9 Å². The van der Waals surface area contributed by atoms with E-state index < -0.39 is 0 Å². The van der Waals surface area contributed by atoms with E-state index in [-0.39, 0.29) is 18.1 Å². The van der Waals surface area contributed by atoms with Crippen molar-refractivity contribution in [3.05, 3.63) is 24.1 Å². The Bertz CT molecular complexity index is 812. The second-order valence-corrected chi connectivity index (χ2v) is 7.94. The van der Waals surface area contributed by atoms with Crippen LogP contribution in [0.25, 0.3) is 11.4 Å². The van der Waals surface area contributed by atoms with Crippen LogP contribution in [0.2, 0.25) is 0 Å². The zero-order valence-corrected chi connectivity index (χ0v) is 16.9. The highest BCUT2D eigenvalue weighted by Gasteiger charge is 2.22. The fraction of sp³-hybridized carbons (Fsp3) is 0.550. The quantitative estimate of drug-likeness (QED) is 0.686. The zero-order valence-electron chi connectivity index (χ0n) is 16.9. The van der Waals surface area contributed by atoms with E-state index in [9.17, 15) is 4.79 Å². The molecule has 1 amide bonds. The average molecular weight is 389 g/mol. The summed E-state index contributed by atoms with van der Waals surface area (Å²) in [5.41, 5.74) is 0.721. The normalized spacial score (nSPS) is 13.0. The topological polar surface area (TPSA) is 86.9 Å². The van der Waals surface area contributed by atoms with Crippen LogP contribution in [-0.4, -0.2) is 54.5 Å². The minimum atomic E-state index is -0.0700. The van der Waals surface area contributed by atoms with E-state index in [4.69, 9.17) is 18.7 Å². The molecule has 0 N–H and O–H groups in total. The number of carbonyl (C=O) groups is 1. The standard InChI is InChI=1S/C20H27N3O5/c1-20(2,3)12-18(24)23(9-10-25-4)8-7-17-21-19(22-28-17)14-5-6-15-16(11-14)27-13-26-15/h5-6,11H,7-10,12-13H2,1-4H3. The van der Waals surface area contributed by atoms with Gasteiger partial charge >= 0.3 is 0 Å². The summed E-state index contributed by atoms with van der Waals surface area (Å²) in [6, 6.07) is 5.51. The van der Waals surface area contributed by atoms with E-state index >= 15 is 0 Å². The first-order valence-electron chi connectivity index (χ1n) is 9.35. The molecule has 8 nitrogen and oxygen atoms in total. The number of benzene rings is 1. The molecule has 0 unspecified atom stereocenters. The van der Waals surface area contributed by atoms with Crippen molar-refractivity contribution in [2.45, 2.75) is 33.6 Å². The predicted molar refractivity (Wildman–Crippen MR) is 102 cm³/mol. The maximum absolute atomic E-state index is 12.6. The van der Waals surface area contributed by atoms with Crippen molar-refractivity contribution in [2.75, 3.05) is 33.6 Å². The van der Waals surface area contributed by atoms with Crippen LogP contribution in [0.15, 0.2) is 22.7 Å². The summed E-state index contributed by atoms with van der Waals surface area (Å²) >= 11 is 0. The summed E-state index contributed by atoms with van der Waals surface area (Å²) in [6.45, 7) is 7.90. The van der Waals surface area contributed by atoms with Crippen LogP contribution in [0.3, 0.4) is 0 Å². The minimum Gasteiger partial charge on any atom is -0.454 e. The predicted octanol–water partition coefficient (Wildman–Crippen LogP) is 2.92.